The smallest absolute Gasteiger partial charge is 0.0487 e. The van der Waals surface area contributed by atoms with Crippen LogP contribution < -0.4 is 11.1 Å². The summed E-state index contributed by atoms with van der Waals surface area (Å²) >= 11 is 3.54. The maximum absolute atomic E-state index is 5.84. The third-order valence-corrected chi connectivity index (χ3v) is 3.53. The van der Waals surface area contributed by atoms with Crippen molar-refractivity contribution in [3.8, 4) is 0 Å². The minimum atomic E-state index is 0.242. The maximum Gasteiger partial charge on any atom is 0.0487 e. The zero-order valence-corrected chi connectivity index (χ0v) is 11.7. The van der Waals surface area contributed by atoms with Crippen LogP contribution in [0.3, 0.4) is 0 Å². The van der Waals surface area contributed by atoms with E-state index >= 15 is 0 Å². The Morgan fingerprint density at radius 1 is 1.00 bits per heavy atom. The van der Waals surface area contributed by atoms with Crippen molar-refractivity contribution in [3.63, 3.8) is 0 Å². The largest absolute Gasteiger partial charge is 0.380 e. The molecule has 18 heavy (non-hydrogen) atoms. The predicted molar refractivity (Wildman–Crippen MR) is 80.8 cm³/mol. The van der Waals surface area contributed by atoms with Gasteiger partial charge in [-0.15, -0.1) is 0 Å². The molecule has 0 aromatic heterocycles. The monoisotopic (exact) mass is 304 g/mol. The number of hydrogen-bond donors (Lipinski definition) is 2. The van der Waals surface area contributed by atoms with E-state index in [4.69, 9.17) is 5.73 Å². The molecule has 0 spiro atoms. The Morgan fingerprint density at radius 2 is 1.67 bits per heavy atom. The van der Waals surface area contributed by atoms with Crippen molar-refractivity contribution in [3.05, 3.63) is 64.6 Å². The summed E-state index contributed by atoms with van der Waals surface area (Å²) < 4.78 is 1.07. The van der Waals surface area contributed by atoms with Gasteiger partial charge in [0, 0.05) is 22.7 Å². The Hall–Kier alpha value is -1.32. The Bertz CT molecular complexity index is 485. The highest BCUT2D eigenvalue weighted by Crippen LogP contribution is 2.22. The summed E-state index contributed by atoms with van der Waals surface area (Å²) in [6.45, 7) is 0.607. The van der Waals surface area contributed by atoms with Crippen molar-refractivity contribution >= 4 is 21.6 Å². The van der Waals surface area contributed by atoms with E-state index in [1.54, 1.807) is 0 Å². The number of rotatable bonds is 5. The van der Waals surface area contributed by atoms with Gasteiger partial charge in [0.25, 0.3) is 0 Å². The fourth-order valence-electron chi connectivity index (χ4n) is 1.89. The van der Waals surface area contributed by atoms with Crippen LogP contribution in [0.2, 0.25) is 0 Å². The molecule has 0 saturated carbocycles. The molecule has 0 fully saturated rings. The zero-order chi connectivity index (χ0) is 12.8. The van der Waals surface area contributed by atoms with Crippen LogP contribution in [0.5, 0.6) is 0 Å². The molecule has 2 nitrogen and oxygen atoms in total. The van der Waals surface area contributed by atoms with E-state index < -0.39 is 0 Å². The van der Waals surface area contributed by atoms with E-state index in [0.717, 1.165) is 16.6 Å². The second kappa shape index (κ2) is 6.57. The zero-order valence-electron chi connectivity index (χ0n) is 10.1. The summed E-state index contributed by atoms with van der Waals surface area (Å²) in [5, 5.41) is 3.47. The molecule has 0 heterocycles. The van der Waals surface area contributed by atoms with E-state index in [1.165, 1.54) is 5.56 Å². The van der Waals surface area contributed by atoms with Gasteiger partial charge in [0.15, 0.2) is 0 Å². The standard InChI is InChI=1S/C15H17BrN2/c16-14-8-4-5-9-15(14)18-13(11-17)10-12-6-2-1-3-7-12/h1-9,13,18H,10-11,17H2. The highest BCUT2D eigenvalue weighted by molar-refractivity contribution is 9.10. The Labute approximate surface area is 116 Å². The quantitative estimate of drug-likeness (QED) is 0.888. The second-order valence-electron chi connectivity index (χ2n) is 4.25. The minimum absolute atomic E-state index is 0.242. The van der Waals surface area contributed by atoms with Gasteiger partial charge in [-0.2, -0.15) is 0 Å². The van der Waals surface area contributed by atoms with E-state index in [0.29, 0.717) is 6.54 Å². The molecular weight excluding hydrogens is 288 g/mol. The Kier molecular flexibility index (Phi) is 4.79. The predicted octanol–water partition coefficient (Wildman–Crippen LogP) is 3.43. The first-order chi connectivity index (χ1) is 8.79. The topological polar surface area (TPSA) is 38.0 Å². The second-order valence-corrected chi connectivity index (χ2v) is 5.10. The summed E-state index contributed by atoms with van der Waals surface area (Å²) in [6, 6.07) is 18.7. The van der Waals surface area contributed by atoms with Gasteiger partial charge in [0.1, 0.15) is 0 Å². The lowest BCUT2D eigenvalue weighted by Gasteiger charge is -2.19. The van der Waals surface area contributed by atoms with E-state index in [1.807, 2.05) is 24.3 Å². The third-order valence-electron chi connectivity index (χ3n) is 2.84. The molecule has 2 rings (SSSR count). The van der Waals surface area contributed by atoms with Crippen molar-refractivity contribution < 1.29 is 0 Å². The fourth-order valence-corrected chi connectivity index (χ4v) is 2.29. The Morgan fingerprint density at radius 3 is 2.33 bits per heavy atom. The molecule has 1 unspecified atom stereocenters. The molecule has 2 aromatic carbocycles. The van der Waals surface area contributed by atoms with Crippen molar-refractivity contribution in [2.75, 3.05) is 11.9 Å². The molecule has 3 N–H and O–H groups in total. The van der Waals surface area contributed by atoms with Crippen LogP contribution in [0.1, 0.15) is 5.56 Å². The number of hydrogen-bond acceptors (Lipinski definition) is 2. The van der Waals surface area contributed by atoms with Crippen molar-refractivity contribution in [2.45, 2.75) is 12.5 Å². The van der Waals surface area contributed by atoms with Crippen LogP contribution >= 0.6 is 15.9 Å². The van der Waals surface area contributed by atoms with Crippen LogP contribution in [0.25, 0.3) is 0 Å². The number of halogens is 1. The SMILES string of the molecule is NCC(Cc1ccccc1)Nc1ccccc1Br. The van der Waals surface area contributed by atoms with Gasteiger partial charge in [-0.05, 0) is 40.0 Å². The minimum Gasteiger partial charge on any atom is -0.380 e. The number of para-hydroxylation sites is 1. The number of benzene rings is 2. The molecule has 0 amide bonds. The number of nitrogens with two attached hydrogens (primary N) is 1. The Balaban J connectivity index is 2.04. The van der Waals surface area contributed by atoms with Crippen LogP contribution in [0.15, 0.2) is 59.1 Å². The van der Waals surface area contributed by atoms with Crippen molar-refractivity contribution in [1.82, 2.24) is 0 Å². The molecule has 2 aromatic rings. The lowest BCUT2D eigenvalue weighted by molar-refractivity contribution is 0.723. The molecule has 0 aliphatic heterocycles. The normalized spacial score (nSPS) is 12.1. The van der Waals surface area contributed by atoms with Gasteiger partial charge in [0.05, 0.1) is 0 Å². The molecule has 0 bridgehead atoms. The van der Waals surface area contributed by atoms with Gasteiger partial charge in [-0.3, -0.25) is 0 Å². The van der Waals surface area contributed by atoms with E-state index in [-0.39, 0.29) is 6.04 Å². The van der Waals surface area contributed by atoms with E-state index in [2.05, 4.69) is 51.6 Å². The molecule has 0 saturated heterocycles. The van der Waals surface area contributed by atoms with Crippen LogP contribution in [-0.4, -0.2) is 12.6 Å². The van der Waals surface area contributed by atoms with Gasteiger partial charge in [-0.1, -0.05) is 42.5 Å². The first-order valence-corrected chi connectivity index (χ1v) is 6.84. The molecule has 1 atom stereocenters. The fraction of sp³-hybridized carbons (Fsp3) is 0.200. The van der Waals surface area contributed by atoms with Crippen molar-refractivity contribution in [2.24, 2.45) is 5.73 Å². The first kappa shape index (κ1) is 13.1. The van der Waals surface area contributed by atoms with Crippen LogP contribution in [0, 0.1) is 0 Å². The average Bonchev–Trinajstić information content (AvgIpc) is 2.41. The molecular formula is C15H17BrN2. The summed E-state index contributed by atoms with van der Waals surface area (Å²) in [6.07, 6.45) is 0.929. The number of anilines is 1. The van der Waals surface area contributed by atoms with Crippen LogP contribution in [0.4, 0.5) is 5.69 Å². The summed E-state index contributed by atoms with van der Waals surface area (Å²) in [7, 11) is 0. The molecule has 0 aliphatic carbocycles. The summed E-state index contributed by atoms with van der Waals surface area (Å²) in [5.41, 5.74) is 8.23. The number of nitrogens with one attached hydrogen (secondary N) is 1. The van der Waals surface area contributed by atoms with Gasteiger partial charge < -0.3 is 11.1 Å². The molecule has 3 heteroatoms. The lowest BCUT2D eigenvalue weighted by Crippen LogP contribution is -2.31. The van der Waals surface area contributed by atoms with E-state index in [9.17, 15) is 0 Å². The highest BCUT2D eigenvalue weighted by Gasteiger charge is 2.08. The van der Waals surface area contributed by atoms with Crippen molar-refractivity contribution in [1.29, 1.82) is 0 Å². The summed E-state index contributed by atoms with van der Waals surface area (Å²) in [5.74, 6) is 0. The van der Waals surface area contributed by atoms with Gasteiger partial charge in [-0.25, -0.2) is 0 Å². The third kappa shape index (κ3) is 3.59. The molecule has 0 aliphatic rings. The summed E-state index contributed by atoms with van der Waals surface area (Å²) in [4.78, 5) is 0. The first-order valence-electron chi connectivity index (χ1n) is 6.04. The van der Waals surface area contributed by atoms with Gasteiger partial charge >= 0.3 is 0 Å². The maximum atomic E-state index is 5.84. The highest BCUT2D eigenvalue weighted by atomic mass is 79.9. The van der Waals surface area contributed by atoms with Crippen LogP contribution in [-0.2, 0) is 6.42 Å². The molecule has 0 radical (unpaired) electrons. The lowest BCUT2D eigenvalue weighted by atomic mass is 10.1. The van der Waals surface area contributed by atoms with Gasteiger partial charge in [0.2, 0.25) is 0 Å². The molecule has 94 valence electrons. The average molecular weight is 305 g/mol.